The average molecular weight is 355 g/mol. The van der Waals surface area contributed by atoms with Gasteiger partial charge in [-0.05, 0) is 30.5 Å². The Balaban J connectivity index is 2.13. The van der Waals surface area contributed by atoms with Crippen molar-refractivity contribution in [3.05, 3.63) is 23.8 Å². The number of anilines is 2. The van der Waals surface area contributed by atoms with Crippen LogP contribution in [-0.4, -0.2) is 53.3 Å². The maximum Gasteiger partial charge on any atom is 0.313 e. The molecule has 0 fully saturated rings. The SMILES string of the molecule is COCCNC(=O)C(=O)Nc1ccc2c(c1)N(S(C)(=O)=O)CCC2. The third kappa shape index (κ3) is 4.45. The van der Waals surface area contributed by atoms with Crippen molar-refractivity contribution in [2.75, 3.05) is 42.7 Å². The van der Waals surface area contributed by atoms with Crippen LogP contribution in [0.15, 0.2) is 18.2 Å². The van der Waals surface area contributed by atoms with Crippen molar-refractivity contribution in [2.45, 2.75) is 12.8 Å². The summed E-state index contributed by atoms with van der Waals surface area (Å²) >= 11 is 0. The van der Waals surface area contributed by atoms with Crippen LogP contribution in [0.3, 0.4) is 0 Å². The molecule has 2 amide bonds. The fourth-order valence-corrected chi connectivity index (χ4v) is 3.49. The number of hydrogen-bond donors (Lipinski definition) is 2. The molecule has 9 heteroatoms. The van der Waals surface area contributed by atoms with E-state index >= 15 is 0 Å². The Hall–Kier alpha value is -2.13. The minimum absolute atomic E-state index is 0.231. The van der Waals surface area contributed by atoms with Crippen molar-refractivity contribution in [3.63, 3.8) is 0 Å². The first-order chi connectivity index (χ1) is 11.3. The van der Waals surface area contributed by atoms with Crippen LogP contribution < -0.4 is 14.9 Å². The first kappa shape index (κ1) is 18.2. The van der Waals surface area contributed by atoms with Crippen LogP contribution in [0, 0.1) is 0 Å². The Morgan fingerprint density at radius 2 is 2.04 bits per heavy atom. The molecule has 1 aromatic rings. The summed E-state index contributed by atoms with van der Waals surface area (Å²) in [5, 5.41) is 4.89. The van der Waals surface area contributed by atoms with Crippen LogP contribution in [-0.2, 0) is 30.8 Å². The van der Waals surface area contributed by atoms with Crippen molar-refractivity contribution in [3.8, 4) is 0 Å². The molecular weight excluding hydrogens is 334 g/mol. The second kappa shape index (κ2) is 7.63. The lowest BCUT2D eigenvalue weighted by atomic mass is 10.0. The van der Waals surface area contributed by atoms with E-state index in [1.54, 1.807) is 18.2 Å². The molecule has 2 rings (SSSR count). The zero-order valence-corrected chi connectivity index (χ0v) is 14.5. The lowest BCUT2D eigenvalue weighted by Gasteiger charge is -2.29. The van der Waals surface area contributed by atoms with Crippen molar-refractivity contribution < 1.29 is 22.7 Å². The van der Waals surface area contributed by atoms with Gasteiger partial charge in [0.1, 0.15) is 0 Å². The second-order valence-corrected chi connectivity index (χ2v) is 7.39. The summed E-state index contributed by atoms with van der Waals surface area (Å²) < 4.78 is 29.9. The number of nitrogens with one attached hydrogen (secondary N) is 2. The first-order valence-electron chi connectivity index (χ1n) is 7.51. The highest BCUT2D eigenvalue weighted by Crippen LogP contribution is 2.31. The molecule has 0 aromatic heterocycles. The van der Waals surface area contributed by atoms with Crippen LogP contribution in [0.4, 0.5) is 11.4 Å². The van der Waals surface area contributed by atoms with E-state index in [-0.39, 0.29) is 6.54 Å². The monoisotopic (exact) mass is 355 g/mol. The first-order valence-corrected chi connectivity index (χ1v) is 9.36. The number of methoxy groups -OCH3 is 1. The van der Waals surface area contributed by atoms with Gasteiger partial charge in [-0.15, -0.1) is 0 Å². The topological polar surface area (TPSA) is 105 Å². The average Bonchev–Trinajstić information content (AvgIpc) is 2.53. The van der Waals surface area contributed by atoms with Gasteiger partial charge in [0.05, 0.1) is 18.6 Å². The molecule has 1 aliphatic rings. The number of carbonyl (C=O) groups excluding carboxylic acids is 2. The molecule has 1 aromatic carbocycles. The Kier molecular flexibility index (Phi) is 5.79. The van der Waals surface area contributed by atoms with Crippen LogP contribution >= 0.6 is 0 Å². The number of fused-ring (bicyclic) bond motifs is 1. The lowest BCUT2D eigenvalue weighted by molar-refractivity contribution is -0.136. The number of ether oxygens (including phenoxy) is 1. The van der Waals surface area contributed by atoms with Gasteiger partial charge in [-0.25, -0.2) is 8.42 Å². The minimum atomic E-state index is -3.39. The Labute approximate surface area is 141 Å². The van der Waals surface area contributed by atoms with E-state index in [4.69, 9.17) is 4.74 Å². The van der Waals surface area contributed by atoms with Crippen molar-refractivity contribution >= 4 is 33.2 Å². The van der Waals surface area contributed by atoms with E-state index in [0.29, 0.717) is 24.5 Å². The number of hydrogen-bond acceptors (Lipinski definition) is 5. The van der Waals surface area contributed by atoms with E-state index in [1.165, 1.54) is 11.4 Å². The van der Waals surface area contributed by atoms with E-state index < -0.39 is 21.8 Å². The largest absolute Gasteiger partial charge is 0.383 e. The number of sulfonamides is 1. The molecule has 0 aliphatic carbocycles. The van der Waals surface area contributed by atoms with Gasteiger partial charge in [0.25, 0.3) is 0 Å². The van der Waals surface area contributed by atoms with Crippen molar-refractivity contribution in [1.29, 1.82) is 0 Å². The van der Waals surface area contributed by atoms with Crippen LogP contribution in [0.1, 0.15) is 12.0 Å². The quantitative estimate of drug-likeness (QED) is 0.576. The van der Waals surface area contributed by atoms with Gasteiger partial charge < -0.3 is 15.4 Å². The zero-order chi connectivity index (χ0) is 17.7. The molecule has 0 radical (unpaired) electrons. The van der Waals surface area contributed by atoms with Crippen LogP contribution in [0.25, 0.3) is 0 Å². The molecule has 0 spiro atoms. The molecule has 1 heterocycles. The second-order valence-electron chi connectivity index (χ2n) is 5.48. The highest BCUT2D eigenvalue weighted by atomic mass is 32.2. The molecule has 0 bridgehead atoms. The number of rotatable bonds is 5. The Morgan fingerprint density at radius 1 is 1.29 bits per heavy atom. The Bertz CT molecular complexity index is 733. The number of carbonyl (C=O) groups is 2. The molecule has 0 unspecified atom stereocenters. The van der Waals surface area contributed by atoms with Gasteiger partial charge in [-0.3, -0.25) is 13.9 Å². The normalized spacial score (nSPS) is 14.0. The summed E-state index contributed by atoms with van der Waals surface area (Å²) in [5.74, 6) is -1.59. The predicted molar refractivity (Wildman–Crippen MR) is 90.5 cm³/mol. The molecule has 0 saturated carbocycles. The lowest BCUT2D eigenvalue weighted by Crippen LogP contribution is -2.37. The van der Waals surface area contributed by atoms with Crippen LogP contribution in [0.2, 0.25) is 0 Å². The number of benzene rings is 1. The predicted octanol–water partition coefficient (Wildman–Crippen LogP) is 0.0999. The smallest absolute Gasteiger partial charge is 0.313 e. The standard InChI is InChI=1S/C15H21N3O5S/c1-23-9-7-16-14(19)15(20)17-12-6-5-11-4-3-8-18(13(11)10-12)24(2,21)22/h5-6,10H,3-4,7-9H2,1-2H3,(H,16,19)(H,17,20). The third-order valence-electron chi connectivity index (χ3n) is 3.62. The number of amides is 2. The molecule has 24 heavy (non-hydrogen) atoms. The summed E-state index contributed by atoms with van der Waals surface area (Å²) in [6.45, 7) is 0.941. The fraction of sp³-hybridized carbons (Fsp3) is 0.467. The van der Waals surface area contributed by atoms with E-state index in [0.717, 1.165) is 24.7 Å². The van der Waals surface area contributed by atoms with Crippen molar-refractivity contribution in [2.24, 2.45) is 0 Å². The molecule has 8 nitrogen and oxygen atoms in total. The summed E-state index contributed by atoms with van der Waals surface area (Å²) in [7, 11) is -1.90. The third-order valence-corrected chi connectivity index (χ3v) is 4.80. The number of aryl methyl sites for hydroxylation is 1. The van der Waals surface area contributed by atoms with Gasteiger partial charge in [-0.2, -0.15) is 0 Å². The molecule has 0 atom stereocenters. The van der Waals surface area contributed by atoms with Gasteiger partial charge in [0, 0.05) is 25.9 Å². The summed E-state index contributed by atoms with van der Waals surface area (Å²) in [4.78, 5) is 23.5. The molecular formula is C15H21N3O5S. The fourth-order valence-electron chi connectivity index (χ4n) is 2.50. The highest BCUT2D eigenvalue weighted by Gasteiger charge is 2.24. The molecule has 1 aliphatic heterocycles. The van der Waals surface area contributed by atoms with Gasteiger partial charge in [0.2, 0.25) is 10.0 Å². The molecule has 2 N–H and O–H groups in total. The minimum Gasteiger partial charge on any atom is -0.383 e. The summed E-state index contributed by atoms with van der Waals surface area (Å²) in [5.41, 5.74) is 1.81. The Morgan fingerprint density at radius 3 is 2.71 bits per heavy atom. The van der Waals surface area contributed by atoms with Gasteiger partial charge >= 0.3 is 11.8 Å². The van der Waals surface area contributed by atoms with Gasteiger partial charge in [-0.1, -0.05) is 6.07 Å². The zero-order valence-electron chi connectivity index (χ0n) is 13.7. The van der Waals surface area contributed by atoms with Crippen molar-refractivity contribution in [1.82, 2.24) is 5.32 Å². The summed E-state index contributed by atoms with van der Waals surface area (Å²) in [6, 6.07) is 5.01. The van der Waals surface area contributed by atoms with E-state index in [1.807, 2.05) is 0 Å². The summed E-state index contributed by atoms with van der Waals surface area (Å²) in [6.07, 6.45) is 2.66. The van der Waals surface area contributed by atoms with Gasteiger partial charge in [0.15, 0.2) is 0 Å². The maximum absolute atomic E-state index is 11.9. The van der Waals surface area contributed by atoms with E-state index in [2.05, 4.69) is 10.6 Å². The molecule has 132 valence electrons. The molecule has 0 saturated heterocycles. The number of nitrogens with zero attached hydrogens (tertiary/aromatic N) is 1. The van der Waals surface area contributed by atoms with E-state index in [9.17, 15) is 18.0 Å². The maximum atomic E-state index is 11.9. The van der Waals surface area contributed by atoms with Crippen LogP contribution in [0.5, 0.6) is 0 Å². The highest BCUT2D eigenvalue weighted by molar-refractivity contribution is 7.92.